The molecular formula is C21H23NO4S. The highest BCUT2D eigenvalue weighted by atomic mass is 32.2. The molecule has 1 atom stereocenters. The number of nitrogens with zero attached hydrogens (tertiary/aromatic N) is 1. The van der Waals surface area contributed by atoms with E-state index in [9.17, 15) is 13.2 Å². The van der Waals surface area contributed by atoms with Crippen molar-refractivity contribution in [3.63, 3.8) is 0 Å². The van der Waals surface area contributed by atoms with Gasteiger partial charge in [-0.2, -0.15) is 0 Å². The maximum Gasteiger partial charge on any atom is 0.258 e. The number of rotatable bonds is 5. The van der Waals surface area contributed by atoms with Crippen LogP contribution >= 0.6 is 0 Å². The minimum absolute atomic E-state index is 0.110. The normalized spacial score (nSPS) is 17.9. The molecule has 3 rings (SSSR count). The third-order valence-corrected chi connectivity index (χ3v) is 6.01. The molecule has 1 aliphatic rings. The van der Waals surface area contributed by atoms with Crippen molar-refractivity contribution >= 4 is 21.4 Å². The number of hydrogen-bond donors (Lipinski definition) is 0. The number of carbonyl (C=O) groups excluding carboxylic acids is 1. The van der Waals surface area contributed by atoms with Gasteiger partial charge >= 0.3 is 0 Å². The number of ether oxygens (including phenoxy) is 1. The fourth-order valence-corrected chi connectivity index (χ4v) is 4.34. The minimum atomic E-state index is -3.29. The van der Waals surface area contributed by atoms with Crippen LogP contribution in [-0.4, -0.2) is 33.2 Å². The summed E-state index contributed by atoms with van der Waals surface area (Å²) >= 11 is 0. The molecule has 1 amide bonds. The fourth-order valence-electron chi connectivity index (χ4n) is 3.07. The zero-order valence-corrected chi connectivity index (χ0v) is 16.4. The smallest absolute Gasteiger partial charge is 0.258 e. The number of hydrogen-bond acceptors (Lipinski definition) is 4. The van der Waals surface area contributed by atoms with E-state index >= 15 is 0 Å². The predicted molar refractivity (Wildman–Crippen MR) is 107 cm³/mol. The quantitative estimate of drug-likeness (QED) is 0.786. The van der Waals surface area contributed by atoms with Crippen molar-refractivity contribution < 1.29 is 17.9 Å². The second-order valence-electron chi connectivity index (χ2n) is 6.88. The van der Waals surface area contributed by atoms with Gasteiger partial charge in [-0.25, -0.2) is 8.42 Å². The first-order valence-electron chi connectivity index (χ1n) is 8.79. The van der Waals surface area contributed by atoms with E-state index in [-0.39, 0.29) is 11.7 Å². The summed E-state index contributed by atoms with van der Waals surface area (Å²) in [5.41, 5.74) is 2.30. The molecule has 0 unspecified atom stereocenters. The molecule has 1 heterocycles. The molecule has 2 aromatic rings. The standard InChI is InChI=1S/C21H23NO4S/c1-15(2)16-4-8-18(9-5-16)22(19-12-13-27(24,25)14-19)21(23)17-6-10-20(26-3)11-7-17/h4-13,15,19H,14H2,1-3H3/t19-/m1/s1. The van der Waals surface area contributed by atoms with E-state index in [0.717, 1.165) is 5.56 Å². The summed E-state index contributed by atoms with van der Waals surface area (Å²) in [7, 11) is -1.73. The summed E-state index contributed by atoms with van der Waals surface area (Å²) in [5.74, 6) is 0.668. The van der Waals surface area contributed by atoms with Crippen molar-refractivity contribution in [3.05, 3.63) is 71.1 Å². The van der Waals surface area contributed by atoms with E-state index in [0.29, 0.717) is 22.9 Å². The molecule has 5 nitrogen and oxygen atoms in total. The lowest BCUT2D eigenvalue weighted by atomic mass is 10.0. The van der Waals surface area contributed by atoms with Gasteiger partial charge in [0.15, 0.2) is 9.84 Å². The van der Waals surface area contributed by atoms with Gasteiger partial charge in [-0.05, 0) is 54.0 Å². The van der Waals surface area contributed by atoms with Gasteiger partial charge in [-0.15, -0.1) is 0 Å². The van der Waals surface area contributed by atoms with Gasteiger partial charge in [0, 0.05) is 16.7 Å². The maximum atomic E-state index is 13.2. The van der Waals surface area contributed by atoms with Gasteiger partial charge in [0.2, 0.25) is 0 Å². The van der Waals surface area contributed by atoms with Crippen molar-refractivity contribution in [1.29, 1.82) is 0 Å². The summed E-state index contributed by atoms with van der Waals surface area (Å²) in [6, 6.07) is 14.0. The molecule has 0 N–H and O–H groups in total. The first-order chi connectivity index (χ1) is 12.8. The van der Waals surface area contributed by atoms with Crippen LogP contribution in [-0.2, 0) is 9.84 Å². The summed E-state index contributed by atoms with van der Waals surface area (Å²) < 4.78 is 29.0. The Morgan fingerprint density at radius 2 is 1.70 bits per heavy atom. The molecule has 1 aliphatic heterocycles. The van der Waals surface area contributed by atoms with Crippen molar-refractivity contribution in [1.82, 2.24) is 0 Å². The Morgan fingerprint density at radius 3 is 2.19 bits per heavy atom. The lowest BCUT2D eigenvalue weighted by molar-refractivity contribution is 0.0983. The highest BCUT2D eigenvalue weighted by Crippen LogP contribution is 2.27. The Hall–Kier alpha value is -2.60. The number of sulfone groups is 1. The molecule has 0 aromatic heterocycles. The van der Waals surface area contributed by atoms with E-state index in [4.69, 9.17) is 4.74 Å². The molecular weight excluding hydrogens is 362 g/mol. The first-order valence-corrected chi connectivity index (χ1v) is 10.5. The molecule has 0 radical (unpaired) electrons. The molecule has 0 saturated carbocycles. The maximum absolute atomic E-state index is 13.2. The number of anilines is 1. The van der Waals surface area contributed by atoms with Crippen LogP contribution in [0.5, 0.6) is 5.75 Å². The van der Waals surface area contributed by atoms with Gasteiger partial charge < -0.3 is 9.64 Å². The van der Waals surface area contributed by atoms with E-state index in [1.165, 1.54) is 5.41 Å². The second-order valence-corrected chi connectivity index (χ2v) is 8.81. The molecule has 6 heteroatoms. The van der Waals surface area contributed by atoms with Crippen molar-refractivity contribution in [2.45, 2.75) is 25.8 Å². The topological polar surface area (TPSA) is 63.7 Å². The average molecular weight is 385 g/mol. The van der Waals surface area contributed by atoms with Crippen molar-refractivity contribution in [2.75, 3.05) is 17.8 Å². The number of amides is 1. The summed E-state index contributed by atoms with van der Waals surface area (Å²) in [5, 5.41) is 1.19. The summed E-state index contributed by atoms with van der Waals surface area (Å²) in [6.07, 6.45) is 1.58. The van der Waals surface area contributed by atoms with E-state index in [1.54, 1.807) is 42.4 Å². The highest BCUT2D eigenvalue weighted by molar-refractivity contribution is 7.94. The SMILES string of the molecule is COc1ccc(C(=O)N(c2ccc(C(C)C)cc2)[C@@H]2C=CS(=O)(=O)C2)cc1. The van der Waals surface area contributed by atoms with E-state index < -0.39 is 15.9 Å². The average Bonchev–Trinajstić information content (AvgIpc) is 3.01. The Kier molecular flexibility index (Phi) is 5.37. The van der Waals surface area contributed by atoms with Crippen LogP contribution in [0, 0.1) is 0 Å². The monoisotopic (exact) mass is 385 g/mol. The van der Waals surface area contributed by atoms with Crippen LogP contribution in [0.3, 0.4) is 0 Å². The largest absolute Gasteiger partial charge is 0.497 e. The molecule has 27 heavy (non-hydrogen) atoms. The number of methoxy groups -OCH3 is 1. The lowest BCUT2D eigenvalue weighted by Gasteiger charge is -2.28. The zero-order chi connectivity index (χ0) is 19.6. The van der Waals surface area contributed by atoms with Gasteiger partial charge in [0.1, 0.15) is 5.75 Å². The highest BCUT2D eigenvalue weighted by Gasteiger charge is 2.32. The Bertz CT molecular complexity index is 945. The van der Waals surface area contributed by atoms with Gasteiger partial charge in [0.25, 0.3) is 5.91 Å². The van der Waals surface area contributed by atoms with Crippen LogP contribution in [0.15, 0.2) is 60.0 Å². The molecule has 0 saturated heterocycles. The first kappa shape index (κ1) is 19.2. The van der Waals surface area contributed by atoms with E-state index in [2.05, 4.69) is 13.8 Å². The van der Waals surface area contributed by atoms with Gasteiger partial charge in [-0.3, -0.25) is 4.79 Å². The number of carbonyl (C=O) groups is 1. The van der Waals surface area contributed by atoms with Crippen LogP contribution in [0.2, 0.25) is 0 Å². The van der Waals surface area contributed by atoms with Crippen LogP contribution in [0.1, 0.15) is 35.7 Å². The summed E-state index contributed by atoms with van der Waals surface area (Å²) in [6.45, 7) is 4.20. The Morgan fingerprint density at radius 1 is 1.07 bits per heavy atom. The van der Waals surface area contributed by atoms with Gasteiger partial charge in [-0.1, -0.05) is 26.0 Å². The van der Waals surface area contributed by atoms with Crippen LogP contribution in [0.4, 0.5) is 5.69 Å². The molecule has 0 fully saturated rings. The van der Waals surface area contributed by atoms with Crippen molar-refractivity contribution in [2.24, 2.45) is 0 Å². The fraction of sp³-hybridized carbons (Fsp3) is 0.286. The third kappa shape index (κ3) is 4.22. The van der Waals surface area contributed by atoms with Gasteiger partial charge in [0.05, 0.1) is 18.9 Å². The minimum Gasteiger partial charge on any atom is -0.497 e. The third-order valence-electron chi connectivity index (χ3n) is 4.64. The molecule has 0 aliphatic carbocycles. The van der Waals surface area contributed by atoms with Crippen molar-refractivity contribution in [3.8, 4) is 5.75 Å². The van der Waals surface area contributed by atoms with E-state index in [1.807, 2.05) is 24.3 Å². The predicted octanol–water partition coefficient (Wildman–Crippen LogP) is 3.78. The van der Waals surface area contributed by atoms with Crippen LogP contribution in [0.25, 0.3) is 0 Å². The molecule has 142 valence electrons. The second kappa shape index (κ2) is 7.56. The summed E-state index contributed by atoms with van der Waals surface area (Å²) in [4.78, 5) is 14.8. The molecule has 0 spiro atoms. The lowest BCUT2D eigenvalue weighted by Crippen LogP contribution is -2.41. The zero-order valence-electron chi connectivity index (χ0n) is 15.6. The molecule has 0 bridgehead atoms. The Balaban J connectivity index is 1.98. The number of benzene rings is 2. The Labute approximate surface area is 160 Å². The molecule has 2 aromatic carbocycles. The van der Waals surface area contributed by atoms with Crippen LogP contribution < -0.4 is 9.64 Å².